The molecule has 0 aliphatic carbocycles. The lowest BCUT2D eigenvalue weighted by molar-refractivity contribution is 0.0779. The molecule has 1 amide bonds. The molecule has 0 unspecified atom stereocenters. The first-order valence-corrected chi connectivity index (χ1v) is 5.85. The molecule has 0 aliphatic heterocycles. The molecule has 0 bridgehead atoms. The molecule has 1 aromatic carbocycles. The van der Waals surface area contributed by atoms with Gasteiger partial charge in [0, 0.05) is 26.0 Å². The van der Waals surface area contributed by atoms with Gasteiger partial charge in [0.05, 0.1) is 13.3 Å². The molecule has 0 N–H and O–H groups in total. The summed E-state index contributed by atoms with van der Waals surface area (Å²) in [5.41, 5.74) is 1.37. The van der Waals surface area contributed by atoms with Gasteiger partial charge in [0.25, 0.3) is 5.91 Å². The zero-order valence-electron chi connectivity index (χ0n) is 10.9. The molecule has 2 rings (SSSR count). The molecule has 0 atom stereocenters. The summed E-state index contributed by atoms with van der Waals surface area (Å²) in [5, 5.41) is 0. The van der Waals surface area contributed by atoms with Crippen LogP contribution in [0.25, 0.3) is 0 Å². The second-order valence-electron chi connectivity index (χ2n) is 4.10. The molecule has 0 fully saturated rings. The van der Waals surface area contributed by atoms with Crippen molar-refractivity contribution in [3.63, 3.8) is 0 Å². The zero-order chi connectivity index (χ0) is 13.7. The van der Waals surface area contributed by atoms with Gasteiger partial charge in [0.15, 0.2) is 0 Å². The molecule has 1 heterocycles. The Bertz CT molecular complexity index is 540. The maximum absolute atomic E-state index is 12.1. The second kappa shape index (κ2) is 5.95. The zero-order valence-corrected chi connectivity index (χ0v) is 10.9. The normalized spacial score (nSPS) is 10.0. The number of hydrogen-bond acceptors (Lipinski definition) is 4. The summed E-state index contributed by atoms with van der Waals surface area (Å²) in [7, 11) is 3.36. The van der Waals surface area contributed by atoms with Crippen molar-refractivity contribution in [1.29, 1.82) is 0 Å². The van der Waals surface area contributed by atoms with Crippen LogP contribution in [0.3, 0.4) is 0 Å². The summed E-state index contributed by atoms with van der Waals surface area (Å²) >= 11 is 0. The first kappa shape index (κ1) is 13.0. The van der Waals surface area contributed by atoms with Crippen molar-refractivity contribution in [2.75, 3.05) is 14.2 Å². The van der Waals surface area contributed by atoms with Gasteiger partial charge < -0.3 is 9.64 Å². The Labute approximate surface area is 111 Å². The van der Waals surface area contributed by atoms with E-state index in [0.717, 1.165) is 11.3 Å². The molecule has 5 nitrogen and oxygen atoms in total. The summed E-state index contributed by atoms with van der Waals surface area (Å²) in [5.74, 6) is 0.649. The van der Waals surface area contributed by atoms with Crippen LogP contribution in [0, 0.1) is 0 Å². The van der Waals surface area contributed by atoms with E-state index in [1.165, 1.54) is 12.4 Å². The predicted octanol–water partition coefficient (Wildman–Crippen LogP) is 1.76. The minimum Gasteiger partial charge on any atom is -0.497 e. The number of rotatable bonds is 4. The van der Waals surface area contributed by atoms with Crippen molar-refractivity contribution < 1.29 is 9.53 Å². The van der Waals surface area contributed by atoms with Gasteiger partial charge in [-0.2, -0.15) is 0 Å². The van der Waals surface area contributed by atoms with Gasteiger partial charge >= 0.3 is 0 Å². The van der Waals surface area contributed by atoms with Crippen molar-refractivity contribution in [3.8, 4) is 5.75 Å². The molecule has 1 aromatic heterocycles. The number of carbonyl (C=O) groups is 1. The summed E-state index contributed by atoms with van der Waals surface area (Å²) in [6.07, 6.45) is 4.52. The SMILES string of the molecule is COc1ccc(CN(C)C(=O)c2cnccn2)cc1. The summed E-state index contributed by atoms with van der Waals surface area (Å²) in [6.45, 7) is 0.513. The lowest BCUT2D eigenvalue weighted by Crippen LogP contribution is -2.27. The third-order valence-electron chi connectivity index (χ3n) is 2.71. The van der Waals surface area contributed by atoms with Gasteiger partial charge in [0.1, 0.15) is 11.4 Å². The summed E-state index contributed by atoms with van der Waals surface area (Å²) < 4.78 is 5.09. The third kappa shape index (κ3) is 3.28. The Morgan fingerprint density at radius 1 is 1.26 bits per heavy atom. The van der Waals surface area contributed by atoms with Gasteiger partial charge in [-0.05, 0) is 17.7 Å². The van der Waals surface area contributed by atoms with Crippen LogP contribution in [0.15, 0.2) is 42.9 Å². The van der Waals surface area contributed by atoms with Gasteiger partial charge in [-0.25, -0.2) is 4.98 Å². The maximum atomic E-state index is 12.1. The molecule has 0 aliphatic rings. The number of hydrogen-bond donors (Lipinski definition) is 0. The lowest BCUT2D eigenvalue weighted by Gasteiger charge is -2.16. The quantitative estimate of drug-likeness (QED) is 0.837. The molecule has 0 radical (unpaired) electrons. The first-order chi connectivity index (χ1) is 9.20. The molecular weight excluding hydrogens is 242 g/mol. The van der Waals surface area contributed by atoms with E-state index in [2.05, 4.69) is 9.97 Å². The van der Waals surface area contributed by atoms with Gasteiger partial charge in [-0.1, -0.05) is 12.1 Å². The highest BCUT2D eigenvalue weighted by molar-refractivity contribution is 5.91. The van der Waals surface area contributed by atoms with E-state index in [-0.39, 0.29) is 5.91 Å². The molecular formula is C14H15N3O2. The van der Waals surface area contributed by atoms with Crippen LogP contribution in [0.4, 0.5) is 0 Å². The third-order valence-corrected chi connectivity index (χ3v) is 2.71. The smallest absolute Gasteiger partial charge is 0.274 e. The lowest BCUT2D eigenvalue weighted by atomic mass is 10.2. The number of aromatic nitrogens is 2. The van der Waals surface area contributed by atoms with Crippen LogP contribution in [0.1, 0.15) is 16.1 Å². The van der Waals surface area contributed by atoms with Crippen LogP contribution in [-0.4, -0.2) is 34.9 Å². The molecule has 0 spiro atoms. The Hall–Kier alpha value is -2.43. The number of nitrogens with zero attached hydrogens (tertiary/aromatic N) is 3. The molecule has 5 heteroatoms. The summed E-state index contributed by atoms with van der Waals surface area (Å²) in [6, 6.07) is 7.60. The van der Waals surface area contributed by atoms with Crippen molar-refractivity contribution >= 4 is 5.91 Å². The van der Waals surface area contributed by atoms with Crippen LogP contribution in [0.5, 0.6) is 5.75 Å². The van der Waals surface area contributed by atoms with Crippen molar-refractivity contribution in [3.05, 3.63) is 54.1 Å². The Balaban J connectivity index is 2.04. The van der Waals surface area contributed by atoms with Crippen molar-refractivity contribution in [2.45, 2.75) is 6.54 Å². The molecule has 19 heavy (non-hydrogen) atoms. The fourth-order valence-electron chi connectivity index (χ4n) is 1.68. The number of amides is 1. The molecule has 0 saturated heterocycles. The van der Waals surface area contributed by atoms with Crippen LogP contribution in [0.2, 0.25) is 0 Å². The van der Waals surface area contributed by atoms with E-state index >= 15 is 0 Å². The van der Waals surface area contributed by atoms with E-state index in [1.54, 1.807) is 25.3 Å². The monoisotopic (exact) mass is 257 g/mol. The first-order valence-electron chi connectivity index (χ1n) is 5.85. The maximum Gasteiger partial charge on any atom is 0.274 e. The standard InChI is InChI=1S/C14H15N3O2/c1-17(14(18)13-9-15-7-8-16-13)10-11-3-5-12(19-2)6-4-11/h3-9H,10H2,1-2H3. The van der Waals surface area contributed by atoms with Crippen LogP contribution < -0.4 is 4.74 Å². The molecule has 0 saturated carbocycles. The van der Waals surface area contributed by atoms with Crippen molar-refractivity contribution in [1.82, 2.24) is 14.9 Å². The highest BCUT2D eigenvalue weighted by Crippen LogP contribution is 2.13. The Morgan fingerprint density at radius 2 is 2.00 bits per heavy atom. The Kier molecular flexibility index (Phi) is 4.07. The average Bonchev–Trinajstić information content (AvgIpc) is 2.48. The predicted molar refractivity (Wildman–Crippen MR) is 70.8 cm³/mol. The van der Waals surface area contributed by atoms with Gasteiger partial charge in [0.2, 0.25) is 0 Å². The molecule has 2 aromatic rings. The topological polar surface area (TPSA) is 55.3 Å². The van der Waals surface area contributed by atoms with Gasteiger partial charge in [-0.15, -0.1) is 0 Å². The molecule has 98 valence electrons. The Morgan fingerprint density at radius 3 is 2.58 bits per heavy atom. The van der Waals surface area contributed by atoms with Crippen LogP contribution >= 0.6 is 0 Å². The minimum atomic E-state index is -0.149. The number of carbonyl (C=O) groups excluding carboxylic acids is 1. The largest absolute Gasteiger partial charge is 0.497 e. The number of benzene rings is 1. The van der Waals surface area contributed by atoms with E-state index in [4.69, 9.17) is 4.74 Å². The fourth-order valence-corrected chi connectivity index (χ4v) is 1.68. The van der Waals surface area contributed by atoms with Crippen LogP contribution in [-0.2, 0) is 6.54 Å². The van der Waals surface area contributed by atoms with Crippen molar-refractivity contribution in [2.24, 2.45) is 0 Å². The van der Waals surface area contributed by atoms with E-state index in [0.29, 0.717) is 12.2 Å². The fraction of sp³-hybridized carbons (Fsp3) is 0.214. The van der Waals surface area contributed by atoms with E-state index in [1.807, 2.05) is 24.3 Å². The summed E-state index contributed by atoms with van der Waals surface area (Å²) in [4.78, 5) is 21.6. The number of methoxy groups -OCH3 is 1. The highest BCUT2D eigenvalue weighted by atomic mass is 16.5. The highest BCUT2D eigenvalue weighted by Gasteiger charge is 2.13. The van der Waals surface area contributed by atoms with Gasteiger partial charge in [-0.3, -0.25) is 9.78 Å². The number of ether oxygens (including phenoxy) is 1. The second-order valence-corrected chi connectivity index (χ2v) is 4.10. The minimum absolute atomic E-state index is 0.149. The van der Waals surface area contributed by atoms with E-state index in [9.17, 15) is 4.79 Å². The average molecular weight is 257 g/mol. The van der Waals surface area contributed by atoms with E-state index < -0.39 is 0 Å².